The summed E-state index contributed by atoms with van der Waals surface area (Å²) in [5.74, 6) is -0.0330. The van der Waals surface area contributed by atoms with Crippen LogP contribution in [0.1, 0.15) is 10.4 Å². The van der Waals surface area contributed by atoms with Crippen molar-refractivity contribution in [2.45, 2.75) is 0 Å². The van der Waals surface area contributed by atoms with E-state index in [0.29, 0.717) is 22.5 Å². The minimum absolute atomic E-state index is 0.409. The van der Waals surface area contributed by atoms with Gasteiger partial charge in [-0.25, -0.2) is 15.0 Å². The van der Waals surface area contributed by atoms with Crippen LogP contribution in [0.25, 0.3) is 11.2 Å². The lowest BCUT2D eigenvalue weighted by Gasteiger charge is -1.88. The van der Waals surface area contributed by atoms with Crippen molar-refractivity contribution in [3.8, 4) is 0 Å². The zero-order valence-corrected chi connectivity index (χ0v) is 12.8. The maximum absolute atomic E-state index is 10.4. The summed E-state index contributed by atoms with van der Waals surface area (Å²) < 4.78 is 31.6. The minimum atomic E-state index is -4.67. The summed E-state index contributed by atoms with van der Waals surface area (Å²) in [7, 11) is -4.67. The van der Waals surface area contributed by atoms with E-state index in [1.54, 1.807) is 18.3 Å². The van der Waals surface area contributed by atoms with Gasteiger partial charge in [-0.3, -0.25) is 18.9 Å². The highest BCUT2D eigenvalue weighted by atomic mass is 32.3. The van der Waals surface area contributed by atoms with Crippen molar-refractivity contribution in [1.29, 1.82) is 0 Å². The monoisotopic (exact) mass is 355 g/mol. The molecule has 1 amide bonds. The molecule has 0 saturated carbocycles. The van der Waals surface area contributed by atoms with Crippen molar-refractivity contribution in [2.24, 2.45) is 5.73 Å². The van der Waals surface area contributed by atoms with E-state index in [9.17, 15) is 4.79 Å². The summed E-state index contributed by atoms with van der Waals surface area (Å²) in [6.45, 7) is 0. The van der Waals surface area contributed by atoms with Crippen LogP contribution in [0.5, 0.6) is 0 Å². The molecule has 0 radical (unpaired) electrons. The Hall–Kier alpha value is -3.16. The van der Waals surface area contributed by atoms with E-state index in [4.69, 9.17) is 29.0 Å². The number of primary amides is 1. The highest BCUT2D eigenvalue weighted by molar-refractivity contribution is 7.79. The molecule has 7 N–H and O–H groups in total. The van der Waals surface area contributed by atoms with Crippen molar-refractivity contribution >= 4 is 33.3 Å². The van der Waals surface area contributed by atoms with E-state index in [1.165, 1.54) is 18.9 Å². The number of rotatable bonds is 1. The number of nitrogen functional groups attached to an aromatic ring is 1. The molecule has 0 spiro atoms. The molecule has 0 aliphatic heterocycles. The van der Waals surface area contributed by atoms with E-state index in [2.05, 4.69) is 24.9 Å². The molecule has 0 aromatic carbocycles. The Bertz CT molecular complexity index is 889. The lowest BCUT2D eigenvalue weighted by atomic mass is 10.3. The number of anilines is 1. The molecular formula is C11H13N7O5S. The second-order valence-electron chi connectivity index (χ2n) is 3.91. The topological polar surface area (TPSA) is 211 Å². The highest BCUT2D eigenvalue weighted by Crippen LogP contribution is 2.09. The fourth-order valence-corrected chi connectivity index (χ4v) is 1.29. The molecule has 0 fully saturated rings. The second-order valence-corrected chi connectivity index (χ2v) is 4.81. The van der Waals surface area contributed by atoms with E-state index in [-0.39, 0.29) is 0 Å². The van der Waals surface area contributed by atoms with Crippen molar-refractivity contribution in [2.75, 3.05) is 5.73 Å². The fraction of sp³-hybridized carbons (Fsp3) is 0. The summed E-state index contributed by atoms with van der Waals surface area (Å²) in [6, 6.07) is 3.29. The molecule has 3 heterocycles. The molecule has 0 atom stereocenters. The molecule has 13 heteroatoms. The van der Waals surface area contributed by atoms with Crippen LogP contribution < -0.4 is 11.5 Å². The standard InChI is InChI=1S/C6H6N2O.C5H5N5.H2O4S/c7-6(9)5-2-1-3-8-4-5;6-4-3-5(9-1-7-3)10-2-8-4;1-5(2,3)4/h1-4H,(H2,7,9);1-2H,(H3,6,7,8,9,10);(H2,1,2,3,4). The highest BCUT2D eigenvalue weighted by Gasteiger charge is 1.99. The number of nitrogens with one attached hydrogen (secondary N) is 1. The Morgan fingerprint density at radius 2 is 1.88 bits per heavy atom. The maximum Gasteiger partial charge on any atom is 0.394 e. The Morgan fingerprint density at radius 3 is 2.33 bits per heavy atom. The van der Waals surface area contributed by atoms with Gasteiger partial charge < -0.3 is 16.5 Å². The van der Waals surface area contributed by atoms with Crippen LogP contribution in [0, 0.1) is 0 Å². The number of nitrogens with zero attached hydrogens (tertiary/aromatic N) is 4. The van der Waals surface area contributed by atoms with E-state index in [1.807, 2.05) is 0 Å². The van der Waals surface area contributed by atoms with Gasteiger partial charge in [0, 0.05) is 12.4 Å². The number of imidazole rings is 1. The lowest BCUT2D eigenvalue weighted by molar-refractivity contribution is 0.1000. The smallest absolute Gasteiger partial charge is 0.382 e. The van der Waals surface area contributed by atoms with E-state index < -0.39 is 16.3 Å². The van der Waals surface area contributed by atoms with Gasteiger partial charge in [0.1, 0.15) is 11.8 Å². The quantitative estimate of drug-likeness (QED) is 0.352. The summed E-state index contributed by atoms with van der Waals surface area (Å²) >= 11 is 0. The Labute approximate surface area is 135 Å². The number of aromatic nitrogens is 5. The van der Waals surface area contributed by atoms with Crippen LogP contribution in [-0.4, -0.2) is 48.4 Å². The summed E-state index contributed by atoms with van der Waals surface area (Å²) in [6.07, 6.45) is 5.96. The number of pyridine rings is 1. The predicted octanol–water partition coefficient (Wildman–Crippen LogP) is -0.537. The number of carbonyl (C=O) groups excluding carboxylic acids is 1. The van der Waals surface area contributed by atoms with Gasteiger partial charge >= 0.3 is 10.4 Å². The summed E-state index contributed by atoms with van der Waals surface area (Å²) in [5.41, 5.74) is 12.1. The van der Waals surface area contributed by atoms with Crippen LogP contribution in [0.15, 0.2) is 37.2 Å². The van der Waals surface area contributed by atoms with Crippen molar-refractivity contribution in [3.05, 3.63) is 42.7 Å². The van der Waals surface area contributed by atoms with Crippen LogP contribution in [0.3, 0.4) is 0 Å². The third-order valence-corrected chi connectivity index (χ3v) is 2.19. The minimum Gasteiger partial charge on any atom is -0.382 e. The van der Waals surface area contributed by atoms with Crippen LogP contribution in [-0.2, 0) is 10.4 Å². The number of fused-ring (bicyclic) bond motifs is 1. The average Bonchev–Trinajstić information content (AvgIpc) is 2.97. The Morgan fingerprint density at radius 1 is 1.21 bits per heavy atom. The molecule has 0 aliphatic rings. The van der Waals surface area contributed by atoms with E-state index >= 15 is 0 Å². The first-order valence-corrected chi connectivity index (χ1v) is 7.37. The van der Waals surface area contributed by atoms with Gasteiger partial charge in [0.2, 0.25) is 5.91 Å². The van der Waals surface area contributed by atoms with Gasteiger partial charge in [-0.05, 0) is 12.1 Å². The van der Waals surface area contributed by atoms with Gasteiger partial charge in [-0.15, -0.1) is 0 Å². The zero-order chi connectivity index (χ0) is 18.2. The Kier molecular flexibility index (Phi) is 6.66. The second kappa shape index (κ2) is 8.47. The number of H-pyrrole nitrogens is 1. The van der Waals surface area contributed by atoms with Gasteiger partial charge in [0.15, 0.2) is 11.5 Å². The molecule has 3 aromatic rings. The van der Waals surface area contributed by atoms with Crippen LogP contribution in [0.2, 0.25) is 0 Å². The molecule has 0 saturated heterocycles. The first kappa shape index (κ1) is 18.9. The molecule has 128 valence electrons. The number of amides is 1. The van der Waals surface area contributed by atoms with Crippen LogP contribution >= 0.6 is 0 Å². The van der Waals surface area contributed by atoms with Crippen molar-refractivity contribution in [3.63, 3.8) is 0 Å². The van der Waals surface area contributed by atoms with Gasteiger partial charge in [-0.2, -0.15) is 8.42 Å². The number of nitrogens with two attached hydrogens (primary N) is 2. The van der Waals surface area contributed by atoms with Gasteiger partial charge in [0.05, 0.1) is 11.9 Å². The molecule has 24 heavy (non-hydrogen) atoms. The predicted molar refractivity (Wildman–Crippen MR) is 83.0 cm³/mol. The summed E-state index contributed by atoms with van der Waals surface area (Å²) in [5, 5.41) is 0. The van der Waals surface area contributed by atoms with Gasteiger partial charge in [0.25, 0.3) is 0 Å². The zero-order valence-electron chi connectivity index (χ0n) is 11.9. The molecular weight excluding hydrogens is 342 g/mol. The molecule has 0 bridgehead atoms. The third-order valence-electron chi connectivity index (χ3n) is 2.19. The third kappa shape index (κ3) is 7.21. The molecule has 0 aliphatic carbocycles. The lowest BCUT2D eigenvalue weighted by Crippen LogP contribution is -2.10. The normalized spacial score (nSPS) is 10.1. The average molecular weight is 355 g/mol. The SMILES string of the molecule is NC(=O)c1cccnc1.Nc1ncnc2[nH]cnc12.O=S(=O)(O)O. The molecule has 3 aromatic heterocycles. The number of carbonyl (C=O) groups is 1. The van der Waals surface area contributed by atoms with Crippen LogP contribution in [0.4, 0.5) is 5.82 Å². The maximum atomic E-state index is 10.4. The van der Waals surface area contributed by atoms with E-state index in [0.717, 1.165) is 0 Å². The van der Waals surface area contributed by atoms with Crippen molar-refractivity contribution in [1.82, 2.24) is 24.9 Å². The van der Waals surface area contributed by atoms with Crippen molar-refractivity contribution < 1.29 is 22.3 Å². The molecule has 3 rings (SSSR count). The number of aromatic amines is 1. The first-order valence-electron chi connectivity index (χ1n) is 5.97. The largest absolute Gasteiger partial charge is 0.394 e. The number of hydrogen-bond donors (Lipinski definition) is 5. The first-order chi connectivity index (χ1) is 11.2. The molecule has 0 unspecified atom stereocenters. The summed E-state index contributed by atoms with van der Waals surface area (Å²) in [4.78, 5) is 28.5. The number of hydrogen-bond acceptors (Lipinski definition) is 8. The fourth-order valence-electron chi connectivity index (χ4n) is 1.29. The Balaban J connectivity index is 0.000000192. The molecule has 12 nitrogen and oxygen atoms in total. The van der Waals surface area contributed by atoms with Gasteiger partial charge in [-0.1, -0.05) is 0 Å².